The summed E-state index contributed by atoms with van der Waals surface area (Å²) >= 11 is -0.273. The molecule has 12 heteroatoms. The summed E-state index contributed by atoms with van der Waals surface area (Å²) in [5.74, 6) is -0.347. The molecular formula is C20H19F3N4O4S. The van der Waals surface area contributed by atoms with E-state index < -0.39 is 17.3 Å². The van der Waals surface area contributed by atoms with Crippen molar-refractivity contribution in [3.8, 4) is 11.6 Å². The van der Waals surface area contributed by atoms with Crippen LogP contribution in [-0.4, -0.2) is 37.4 Å². The molecule has 2 aromatic heterocycles. The van der Waals surface area contributed by atoms with Gasteiger partial charge in [0.15, 0.2) is 0 Å². The van der Waals surface area contributed by atoms with Gasteiger partial charge in [-0.25, -0.2) is 14.2 Å². The minimum atomic E-state index is -4.43. The minimum Gasteiger partial charge on any atom is -0.493 e. The number of aromatic nitrogens is 3. The molecular weight excluding hydrogens is 449 g/mol. The Morgan fingerprint density at radius 2 is 1.94 bits per heavy atom. The van der Waals surface area contributed by atoms with Crippen LogP contribution in [0.15, 0.2) is 52.4 Å². The third-order valence-electron chi connectivity index (χ3n) is 4.44. The zero-order valence-corrected chi connectivity index (χ0v) is 17.8. The number of halogens is 3. The Morgan fingerprint density at radius 1 is 1.25 bits per heavy atom. The van der Waals surface area contributed by atoms with E-state index in [1.807, 2.05) is 0 Å². The summed E-state index contributed by atoms with van der Waals surface area (Å²) in [6.45, 7) is 3.36. The number of nitrogens with one attached hydrogen (secondary N) is 1. The standard InChI is InChI=1S/C20H19F3N4O4S/c1-3-31-18(29)25-16-10-24-9-8-13(16)11-26-12(2)17(28)27(19(26)30)14-4-6-15(7-5-14)32-20(21,22)23/h4-10,28H,3,11H2,1-2H3,(H,25,29). The fourth-order valence-corrected chi connectivity index (χ4v) is 3.51. The van der Waals surface area contributed by atoms with Gasteiger partial charge in [0.25, 0.3) is 0 Å². The Morgan fingerprint density at radius 3 is 2.56 bits per heavy atom. The second-order valence-corrected chi connectivity index (χ2v) is 7.67. The number of amides is 1. The summed E-state index contributed by atoms with van der Waals surface area (Å²) in [7, 11) is 0. The molecule has 0 radical (unpaired) electrons. The van der Waals surface area contributed by atoms with E-state index in [1.54, 1.807) is 13.0 Å². The zero-order chi connectivity index (χ0) is 23.5. The average molecular weight is 468 g/mol. The Labute approximate surface area is 184 Å². The van der Waals surface area contributed by atoms with E-state index >= 15 is 0 Å². The molecule has 8 nitrogen and oxygen atoms in total. The number of nitrogens with zero attached hydrogens (tertiary/aromatic N) is 3. The Hall–Kier alpha value is -3.41. The molecule has 1 amide bonds. The first-order valence-electron chi connectivity index (χ1n) is 9.34. The second kappa shape index (κ2) is 9.39. The fraction of sp³-hybridized carbons (Fsp3) is 0.250. The van der Waals surface area contributed by atoms with Crippen molar-refractivity contribution in [2.24, 2.45) is 0 Å². The Balaban J connectivity index is 1.93. The molecule has 0 aliphatic rings. The summed E-state index contributed by atoms with van der Waals surface area (Å²) in [5, 5.41) is 13.1. The van der Waals surface area contributed by atoms with Crippen LogP contribution in [0.3, 0.4) is 0 Å². The number of pyridine rings is 1. The summed E-state index contributed by atoms with van der Waals surface area (Å²) in [6.07, 6.45) is 2.21. The third kappa shape index (κ3) is 5.25. The number of imidazole rings is 1. The van der Waals surface area contributed by atoms with Crippen molar-refractivity contribution in [3.05, 3.63) is 64.5 Å². The minimum absolute atomic E-state index is 0.00249. The van der Waals surface area contributed by atoms with Crippen LogP contribution in [0.5, 0.6) is 5.88 Å². The molecule has 1 aromatic carbocycles. The highest BCUT2D eigenvalue weighted by atomic mass is 32.2. The number of hydrogen-bond donors (Lipinski definition) is 2. The Kier molecular flexibility index (Phi) is 6.82. The van der Waals surface area contributed by atoms with Gasteiger partial charge in [-0.3, -0.25) is 14.9 Å². The van der Waals surface area contributed by atoms with Crippen LogP contribution in [0.4, 0.5) is 23.7 Å². The molecule has 3 rings (SSSR count). The van der Waals surface area contributed by atoms with Gasteiger partial charge in [-0.05, 0) is 61.5 Å². The molecule has 0 fully saturated rings. The van der Waals surface area contributed by atoms with Crippen LogP contribution in [0, 0.1) is 6.92 Å². The molecule has 0 spiro atoms. The van der Waals surface area contributed by atoms with Gasteiger partial charge >= 0.3 is 17.3 Å². The van der Waals surface area contributed by atoms with Crippen LogP contribution in [0.25, 0.3) is 5.69 Å². The van der Waals surface area contributed by atoms with Gasteiger partial charge in [0.05, 0.1) is 36.4 Å². The van der Waals surface area contributed by atoms with E-state index in [4.69, 9.17) is 4.74 Å². The van der Waals surface area contributed by atoms with Gasteiger partial charge in [-0.15, -0.1) is 0 Å². The largest absolute Gasteiger partial charge is 0.493 e. The summed E-state index contributed by atoms with van der Waals surface area (Å²) in [4.78, 5) is 28.7. The molecule has 0 bridgehead atoms. The smallest absolute Gasteiger partial charge is 0.446 e. The molecule has 0 unspecified atom stereocenters. The van der Waals surface area contributed by atoms with E-state index in [2.05, 4.69) is 10.3 Å². The predicted molar refractivity (Wildman–Crippen MR) is 112 cm³/mol. The lowest BCUT2D eigenvalue weighted by Gasteiger charge is -2.11. The number of carbonyl (C=O) groups excluding carboxylic acids is 1. The van der Waals surface area contributed by atoms with E-state index in [0.717, 1.165) is 4.57 Å². The van der Waals surface area contributed by atoms with Crippen molar-refractivity contribution in [2.75, 3.05) is 11.9 Å². The maximum Gasteiger partial charge on any atom is 0.446 e. The molecule has 0 aliphatic heterocycles. The fourth-order valence-electron chi connectivity index (χ4n) is 2.97. The lowest BCUT2D eigenvalue weighted by atomic mass is 10.2. The number of benzene rings is 1. The quantitative estimate of drug-likeness (QED) is 0.524. The molecule has 0 aliphatic carbocycles. The third-order valence-corrected chi connectivity index (χ3v) is 5.18. The lowest BCUT2D eigenvalue weighted by molar-refractivity contribution is -0.0328. The van der Waals surface area contributed by atoms with Gasteiger partial charge in [0, 0.05) is 11.1 Å². The number of carbonyl (C=O) groups is 1. The number of anilines is 1. The van der Waals surface area contributed by atoms with Gasteiger partial charge in [-0.1, -0.05) is 0 Å². The van der Waals surface area contributed by atoms with Gasteiger partial charge in [0.2, 0.25) is 5.88 Å². The number of thioether (sulfide) groups is 1. The first-order valence-corrected chi connectivity index (χ1v) is 10.2. The number of alkyl halides is 3. The van der Waals surface area contributed by atoms with Crippen molar-refractivity contribution in [1.29, 1.82) is 0 Å². The van der Waals surface area contributed by atoms with Gasteiger partial charge in [0.1, 0.15) is 0 Å². The van der Waals surface area contributed by atoms with E-state index in [-0.39, 0.29) is 47.1 Å². The lowest BCUT2D eigenvalue weighted by Crippen LogP contribution is -2.25. The molecule has 0 saturated heterocycles. The van der Waals surface area contributed by atoms with Gasteiger partial charge < -0.3 is 9.84 Å². The van der Waals surface area contributed by atoms with Crippen molar-refractivity contribution in [2.45, 2.75) is 30.8 Å². The number of hydrogen-bond acceptors (Lipinski definition) is 6. The van der Waals surface area contributed by atoms with E-state index in [9.17, 15) is 27.9 Å². The second-order valence-electron chi connectivity index (χ2n) is 6.53. The predicted octanol–water partition coefficient (Wildman–Crippen LogP) is 4.28. The highest BCUT2D eigenvalue weighted by Crippen LogP contribution is 2.37. The number of ether oxygens (including phenoxy) is 1. The van der Waals surface area contributed by atoms with Crippen LogP contribution < -0.4 is 11.0 Å². The van der Waals surface area contributed by atoms with Crippen molar-refractivity contribution < 1.29 is 27.8 Å². The molecule has 2 N–H and O–H groups in total. The molecule has 170 valence electrons. The molecule has 2 heterocycles. The van der Waals surface area contributed by atoms with Crippen molar-refractivity contribution in [3.63, 3.8) is 0 Å². The molecule has 3 aromatic rings. The first-order chi connectivity index (χ1) is 15.1. The number of aromatic hydroxyl groups is 1. The SMILES string of the molecule is CCOC(=O)Nc1cnccc1Cn1c(C)c(O)n(-c2ccc(SC(F)(F)F)cc2)c1=O. The average Bonchev–Trinajstić information content (AvgIpc) is 2.92. The van der Waals surface area contributed by atoms with Crippen molar-refractivity contribution >= 4 is 23.5 Å². The van der Waals surface area contributed by atoms with Crippen molar-refractivity contribution in [1.82, 2.24) is 14.1 Å². The normalized spacial score (nSPS) is 11.4. The van der Waals surface area contributed by atoms with Gasteiger partial charge in [-0.2, -0.15) is 13.2 Å². The highest BCUT2D eigenvalue weighted by molar-refractivity contribution is 8.00. The van der Waals surface area contributed by atoms with E-state index in [0.29, 0.717) is 11.3 Å². The van der Waals surface area contributed by atoms with Crippen LogP contribution in [-0.2, 0) is 11.3 Å². The summed E-state index contributed by atoms with van der Waals surface area (Å²) in [5.41, 5.74) is -3.72. The molecule has 32 heavy (non-hydrogen) atoms. The van der Waals surface area contributed by atoms with E-state index in [1.165, 1.54) is 48.1 Å². The molecule has 0 atom stereocenters. The maximum atomic E-state index is 13.0. The van der Waals surface area contributed by atoms with Crippen LogP contribution in [0.1, 0.15) is 18.2 Å². The zero-order valence-electron chi connectivity index (χ0n) is 17.0. The summed E-state index contributed by atoms with van der Waals surface area (Å²) in [6, 6.07) is 6.68. The van der Waals surface area contributed by atoms with Crippen LogP contribution in [0.2, 0.25) is 0 Å². The summed E-state index contributed by atoms with van der Waals surface area (Å²) < 4.78 is 44.7. The highest BCUT2D eigenvalue weighted by Gasteiger charge is 2.29. The van der Waals surface area contributed by atoms with Crippen LogP contribution >= 0.6 is 11.8 Å². The Bertz CT molecular complexity index is 1170. The topological polar surface area (TPSA) is 98.4 Å². The monoisotopic (exact) mass is 468 g/mol. The first kappa shape index (κ1) is 23.3. The number of rotatable bonds is 6. The maximum absolute atomic E-state index is 13.0. The molecule has 0 saturated carbocycles.